The number of rotatable bonds is 8. The average Bonchev–Trinajstić information content (AvgIpc) is 2.36. The molecule has 0 aliphatic heterocycles. The van der Waals surface area contributed by atoms with E-state index in [9.17, 15) is 0 Å². The van der Waals surface area contributed by atoms with E-state index < -0.39 is 0 Å². The summed E-state index contributed by atoms with van der Waals surface area (Å²) in [4.78, 5) is 4.28. The van der Waals surface area contributed by atoms with E-state index >= 15 is 0 Å². The summed E-state index contributed by atoms with van der Waals surface area (Å²) in [6.07, 6.45) is 2.78. The summed E-state index contributed by atoms with van der Waals surface area (Å²) in [6.45, 7) is 11.2. The van der Waals surface area contributed by atoms with Gasteiger partial charge in [-0.25, -0.2) is 4.98 Å². The van der Waals surface area contributed by atoms with Crippen molar-refractivity contribution in [1.29, 1.82) is 0 Å². The predicted molar refractivity (Wildman–Crippen MR) is 77.4 cm³/mol. The number of nitrogens with one attached hydrogen (secondary N) is 1. The second-order valence-corrected chi connectivity index (χ2v) is 5.53. The van der Waals surface area contributed by atoms with Gasteiger partial charge in [0.25, 0.3) is 0 Å². The van der Waals surface area contributed by atoms with Crippen LogP contribution in [0.2, 0.25) is 0 Å². The van der Waals surface area contributed by atoms with E-state index in [-0.39, 0.29) is 5.54 Å². The molecule has 4 nitrogen and oxygen atoms in total. The molecule has 19 heavy (non-hydrogen) atoms. The van der Waals surface area contributed by atoms with Crippen molar-refractivity contribution in [2.75, 3.05) is 19.8 Å². The largest absolute Gasteiger partial charge is 0.475 e. The van der Waals surface area contributed by atoms with Crippen LogP contribution in [0.5, 0.6) is 5.88 Å². The first kappa shape index (κ1) is 15.9. The highest BCUT2D eigenvalue weighted by Crippen LogP contribution is 2.15. The van der Waals surface area contributed by atoms with Gasteiger partial charge in [0.15, 0.2) is 0 Å². The maximum Gasteiger partial charge on any atom is 0.217 e. The van der Waals surface area contributed by atoms with Crippen molar-refractivity contribution in [3.63, 3.8) is 0 Å². The normalized spacial score (nSPS) is 11.6. The molecule has 0 unspecified atom stereocenters. The van der Waals surface area contributed by atoms with Crippen molar-refractivity contribution in [1.82, 2.24) is 10.3 Å². The molecule has 1 aromatic rings. The van der Waals surface area contributed by atoms with Gasteiger partial charge in [0.2, 0.25) is 5.88 Å². The first-order valence-electron chi connectivity index (χ1n) is 6.92. The standard InChI is InChI=1S/C15H26N2O2/c1-5-9-18-10-11-19-14-13(7-6-8-16-14)12-17-15(2,3)4/h6-8,17H,5,9-12H2,1-4H3. The quantitative estimate of drug-likeness (QED) is 0.735. The van der Waals surface area contributed by atoms with Crippen molar-refractivity contribution in [3.05, 3.63) is 23.9 Å². The van der Waals surface area contributed by atoms with E-state index in [4.69, 9.17) is 9.47 Å². The molecule has 1 N–H and O–H groups in total. The summed E-state index contributed by atoms with van der Waals surface area (Å²) in [5, 5.41) is 3.44. The topological polar surface area (TPSA) is 43.4 Å². The third-order valence-electron chi connectivity index (χ3n) is 2.47. The predicted octanol–water partition coefficient (Wildman–Crippen LogP) is 2.78. The molecule has 4 heteroatoms. The molecule has 0 aliphatic rings. The molecule has 108 valence electrons. The third-order valence-corrected chi connectivity index (χ3v) is 2.47. The van der Waals surface area contributed by atoms with E-state index in [2.05, 4.69) is 38.0 Å². The Morgan fingerprint density at radius 1 is 1.21 bits per heavy atom. The summed E-state index contributed by atoms with van der Waals surface area (Å²) < 4.78 is 11.1. The number of ether oxygens (including phenoxy) is 2. The minimum absolute atomic E-state index is 0.0807. The Balaban J connectivity index is 2.44. The van der Waals surface area contributed by atoms with Gasteiger partial charge in [-0.2, -0.15) is 0 Å². The smallest absolute Gasteiger partial charge is 0.217 e. The number of nitrogens with zero attached hydrogens (tertiary/aromatic N) is 1. The van der Waals surface area contributed by atoms with Gasteiger partial charge in [-0.1, -0.05) is 13.0 Å². The van der Waals surface area contributed by atoms with Gasteiger partial charge in [0.05, 0.1) is 6.61 Å². The molecule has 0 saturated heterocycles. The van der Waals surface area contributed by atoms with E-state index in [1.807, 2.05) is 12.1 Å². The molecular formula is C15H26N2O2. The highest BCUT2D eigenvalue weighted by molar-refractivity contribution is 5.25. The lowest BCUT2D eigenvalue weighted by Crippen LogP contribution is -2.35. The Kier molecular flexibility index (Phi) is 6.81. The molecule has 0 atom stereocenters. The van der Waals surface area contributed by atoms with Gasteiger partial charge >= 0.3 is 0 Å². The van der Waals surface area contributed by atoms with Crippen molar-refractivity contribution >= 4 is 0 Å². The Morgan fingerprint density at radius 3 is 2.68 bits per heavy atom. The Bertz CT molecular complexity index is 361. The molecule has 0 aromatic carbocycles. The highest BCUT2D eigenvalue weighted by Gasteiger charge is 2.11. The van der Waals surface area contributed by atoms with Crippen LogP contribution in [0.1, 0.15) is 39.7 Å². The summed E-state index contributed by atoms with van der Waals surface area (Å²) >= 11 is 0. The van der Waals surface area contributed by atoms with Crippen molar-refractivity contribution < 1.29 is 9.47 Å². The second-order valence-electron chi connectivity index (χ2n) is 5.53. The molecule has 0 amide bonds. The first-order chi connectivity index (χ1) is 9.03. The molecule has 0 fully saturated rings. The molecule has 0 spiro atoms. The minimum Gasteiger partial charge on any atom is -0.475 e. The number of hydrogen-bond donors (Lipinski definition) is 1. The van der Waals surface area contributed by atoms with E-state index in [1.165, 1.54) is 0 Å². The van der Waals surface area contributed by atoms with E-state index in [1.54, 1.807) is 6.20 Å². The molecule has 1 rings (SSSR count). The van der Waals surface area contributed by atoms with Gasteiger partial charge in [-0.05, 0) is 33.3 Å². The van der Waals surface area contributed by atoms with Crippen LogP contribution in [0.4, 0.5) is 0 Å². The number of hydrogen-bond acceptors (Lipinski definition) is 4. The van der Waals surface area contributed by atoms with Gasteiger partial charge in [0.1, 0.15) is 6.61 Å². The summed E-state index contributed by atoms with van der Waals surface area (Å²) in [6, 6.07) is 3.97. The van der Waals surface area contributed by atoms with E-state index in [0.717, 1.165) is 25.1 Å². The lowest BCUT2D eigenvalue weighted by atomic mass is 10.1. The first-order valence-corrected chi connectivity index (χ1v) is 6.92. The number of pyridine rings is 1. The second kappa shape index (κ2) is 8.12. The maximum absolute atomic E-state index is 5.67. The molecule has 1 aromatic heterocycles. The van der Waals surface area contributed by atoms with Crippen LogP contribution in [0.3, 0.4) is 0 Å². The molecular weight excluding hydrogens is 240 g/mol. The van der Waals surface area contributed by atoms with Crippen LogP contribution < -0.4 is 10.1 Å². The Labute approximate surface area is 116 Å². The van der Waals surface area contributed by atoms with Crippen LogP contribution in [0.25, 0.3) is 0 Å². The maximum atomic E-state index is 5.67. The van der Waals surface area contributed by atoms with Crippen LogP contribution in [0.15, 0.2) is 18.3 Å². The number of aromatic nitrogens is 1. The third kappa shape index (κ3) is 7.13. The summed E-state index contributed by atoms with van der Waals surface area (Å²) in [7, 11) is 0. The minimum atomic E-state index is 0.0807. The van der Waals surface area contributed by atoms with Crippen LogP contribution in [-0.4, -0.2) is 30.3 Å². The molecule has 0 radical (unpaired) electrons. The van der Waals surface area contributed by atoms with Gasteiger partial charge in [0, 0.05) is 30.5 Å². The van der Waals surface area contributed by atoms with Gasteiger partial charge in [-0.3, -0.25) is 0 Å². The van der Waals surface area contributed by atoms with Crippen LogP contribution in [0, 0.1) is 0 Å². The van der Waals surface area contributed by atoms with Crippen molar-refractivity contribution in [2.24, 2.45) is 0 Å². The fourth-order valence-electron chi connectivity index (χ4n) is 1.49. The Hall–Kier alpha value is -1.13. The van der Waals surface area contributed by atoms with E-state index in [0.29, 0.717) is 19.1 Å². The highest BCUT2D eigenvalue weighted by atomic mass is 16.5. The van der Waals surface area contributed by atoms with Gasteiger partial charge < -0.3 is 14.8 Å². The van der Waals surface area contributed by atoms with Crippen LogP contribution >= 0.6 is 0 Å². The lowest BCUT2D eigenvalue weighted by molar-refractivity contribution is 0.0985. The monoisotopic (exact) mass is 266 g/mol. The zero-order valence-electron chi connectivity index (χ0n) is 12.5. The molecule has 0 saturated carbocycles. The fourth-order valence-corrected chi connectivity index (χ4v) is 1.49. The average molecular weight is 266 g/mol. The van der Waals surface area contributed by atoms with Crippen LogP contribution in [-0.2, 0) is 11.3 Å². The van der Waals surface area contributed by atoms with Crippen molar-refractivity contribution in [3.8, 4) is 5.88 Å². The molecule has 1 heterocycles. The zero-order chi connectivity index (χ0) is 14.1. The lowest BCUT2D eigenvalue weighted by Gasteiger charge is -2.21. The summed E-state index contributed by atoms with van der Waals surface area (Å²) in [5.74, 6) is 0.694. The van der Waals surface area contributed by atoms with Crippen molar-refractivity contribution in [2.45, 2.75) is 46.2 Å². The molecule has 0 aliphatic carbocycles. The van der Waals surface area contributed by atoms with Gasteiger partial charge in [-0.15, -0.1) is 0 Å². The SMILES string of the molecule is CCCOCCOc1ncccc1CNC(C)(C)C. The summed E-state index contributed by atoms with van der Waals surface area (Å²) in [5.41, 5.74) is 1.16. The zero-order valence-corrected chi connectivity index (χ0v) is 12.5. The Morgan fingerprint density at radius 2 is 2.00 bits per heavy atom. The fraction of sp³-hybridized carbons (Fsp3) is 0.667. The molecule has 0 bridgehead atoms.